The Balaban J connectivity index is 1.96. The van der Waals surface area contributed by atoms with Crippen LogP contribution in [0.15, 0.2) is 46.9 Å². The molecular formula is C25H26F3NO. The van der Waals surface area contributed by atoms with Gasteiger partial charge < -0.3 is 4.42 Å². The molecule has 0 aliphatic carbocycles. The number of rotatable bonds is 4. The van der Waals surface area contributed by atoms with Crippen molar-refractivity contribution in [2.24, 2.45) is 0 Å². The summed E-state index contributed by atoms with van der Waals surface area (Å²) < 4.78 is 51.4. The number of para-hydroxylation sites is 1. The smallest absolute Gasteiger partial charge is 0.134 e. The third-order valence-corrected chi connectivity index (χ3v) is 5.67. The first-order chi connectivity index (χ1) is 14.2. The summed E-state index contributed by atoms with van der Waals surface area (Å²) in [6.07, 6.45) is 4.00. The summed E-state index contributed by atoms with van der Waals surface area (Å²) in [4.78, 5) is 1.82. The zero-order valence-electron chi connectivity index (χ0n) is 17.7. The molecule has 0 saturated carbocycles. The Morgan fingerprint density at radius 3 is 2.47 bits per heavy atom. The molecule has 0 amide bonds. The first-order valence-electron chi connectivity index (χ1n) is 10.3. The highest BCUT2D eigenvalue weighted by molar-refractivity contribution is 5.83. The number of hydrogen-bond donors (Lipinski definition) is 0. The molecule has 158 valence electrons. The Bertz CT molecular complexity index is 1090. The van der Waals surface area contributed by atoms with Gasteiger partial charge in [-0.05, 0) is 57.9 Å². The number of furan rings is 1. The molecule has 2 heterocycles. The van der Waals surface area contributed by atoms with Crippen LogP contribution >= 0.6 is 0 Å². The minimum atomic E-state index is -1.53. The molecule has 0 saturated heterocycles. The number of allylic oxidation sites excluding steroid dienone is 1. The number of hydrogen-bond acceptors (Lipinski definition) is 2. The van der Waals surface area contributed by atoms with Crippen LogP contribution in [0.4, 0.5) is 13.2 Å². The largest absolute Gasteiger partial charge is 0.459 e. The molecule has 1 aromatic heterocycles. The van der Waals surface area contributed by atoms with Gasteiger partial charge >= 0.3 is 0 Å². The van der Waals surface area contributed by atoms with Crippen LogP contribution in [0.3, 0.4) is 0 Å². The second kappa shape index (κ2) is 7.62. The van der Waals surface area contributed by atoms with E-state index in [2.05, 4.69) is 0 Å². The molecule has 4 rings (SSSR count). The van der Waals surface area contributed by atoms with E-state index in [0.717, 1.165) is 10.9 Å². The summed E-state index contributed by atoms with van der Waals surface area (Å²) in [5, 5.41) is 0.940. The molecule has 2 atom stereocenters. The first kappa shape index (κ1) is 20.7. The van der Waals surface area contributed by atoms with Crippen LogP contribution in [0.5, 0.6) is 0 Å². The van der Waals surface area contributed by atoms with Gasteiger partial charge in [0.2, 0.25) is 0 Å². The van der Waals surface area contributed by atoms with E-state index in [-0.39, 0.29) is 18.2 Å². The molecule has 0 N–H and O–H groups in total. The molecule has 0 spiro atoms. The Kier molecular flexibility index (Phi) is 5.27. The van der Waals surface area contributed by atoms with Crippen molar-refractivity contribution in [2.45, 2.75) is 51.9 Å². The summed E-state index contributed by atoms with van der Waals surface area (Å²) in [6, 6.07) is 9.27. The van der Waals surface area contributed by atoms with Gasteiger partial charge in [-0.2, -0.15) is 0 Å². The molecule has 2 unspecified atom stereocenters. The van der Waals surface area contributed by atoms with Gasteiger partial charge in [0.1, 0.15) is 34.7 Å². The fraction of sp³-hybridized carbons (Fsp3) is 0.360. The van der Waals surface area contributed by atoms with Gasteiger partial charge in [0.15, 0.2) is 0 Å². The van der Waals surface area contributed by atoms with E-state index in [1.165, 1.54) is 26.0 Å². The number of fused-ring (bicyclic) bond motifs is 3. The van der Waals surface area contributed by atoms with Crippen LogP contribution in [0, 0.1) is 11.6 Å². The molecular weight excluding hydrogens is 387 g/mol. The minimum absolute atomic E-state index is 0.0326. The van der Waals surface area contributed by atoms with Crippen molar-refractivity contribution in [3.05, 3.63) is 76.6 Å². The van der Waals surface area contributed by atoms with Crippen LogP contribution in [0.1, 0.15) is 56.2 Å². The van der Waals surface area contributed by atoms with E-state index >= 15 is 8.78 Å². The van der Waals surface area contributed by atoms with E-state index in [1.54, 1.807) is 19.1 Å². The Morgan fingerprint density at radius 1 is 1.17 bits per heavy atom. The van der Waals surface area contributed by atoms with E-state index < -0.39 is 23.3 Å². The topological polar surface area (TPSA) is 16.4 Å². The molecule has 0 bridgehead atoms. The highest BCUT2D eigenvalue weighted by Crippen LogP contribution is 2.44. The summed E-state index contributed by atoms with van der Waals surface area (Å²) in [7, 11) is 0. The number of halogens is 3. The third-order valence-electron chi connectivity index (χ3n) is 5.67. The predicted molar refractivity (Wildman–Crippen MR) is 114 cm³/mol. The van der Waals surface area contributed by atoms with Crippen LogP contribution in [0.2, 0.25) is 0 Å². The molecule has 1 aliphatic heterocycles. The molecule has 3 aromatic rings. The van der Waals surface area contributed by atoms with Gasteiger partial charge in [-0.15, -0.1) is 0 Å². The summed E-state index contributed by atoms with van der Waals surface area (Å²) in [5.41, 5.74) is 0.426. The van der Waals surface area contributed by atoms with Crippen molar-refractivity contribution in [1.82, 2.24) is 4.90 Å². The molecule has 2 nitrogen and oxygen atoms in total. The lowest BCUT2D eigenvalue weighted by Crippen LogP contribution is -2.48. The van der Waals surface area contributed by atoms with Gasteiger partial charge in [-0.25, -0.2) is 13.2 Å². The number of alkyl halides is 1. The highest BCUT2D eigenvalue weighted by Gasteiger charge is 2.42. The van der Waals surface area contributed by atoms with Crippen LogP contribution < -0.4 is 0 Å². The maximum atomic E-state index is 15.3. The fourth-order valence-electron chi connectivity index (χ4n) is 4.50. The standard InChI is InChI=1S/C25H26F3NO/c1-5-8-16-12-19(26)22(20(27)13-16)23-24-18(17-9-6-7-10-21(17)30-24)11-15(2)29(23)14-25(3,4)28/h5-10,12-13,15,23H,11,14H2,1-4H3/b8-5+. The predicted octanol–water partition coefficient (Wildman–Crippen LogP) is 6.83. The summed E-state index contributed by atoms with van der Waals surface area (Å²) in [5.74, 6) is -0.819. The van der Waals surface area contributed by atoms with Crippen molar-refractivity contribution < 1.29 is 17.6 Å². The Hall–Kier alpha value is -2.53. The fourth-order valence-corrected chi connectivity index (χ4v) is 4.50. The second-order valence-electron chi connectivity index (χ2n) is 8.69. The summed E-state index contributed by atoms with van der Waals surface area (Å²) >= 11 is 0. The maximum absolute atomic E-state index is 15.3. The molecule has 2 aromatic carbocycles. The zero-order valence-corrected chi connectivity index (χ0v) is 17.7. The van der Waals surface area contributed by atoms with Crippen molar-refractivity contribution in [2.75, 3.05) is 6.54 Å². The van der Waals surface area contributed by atoms with Gasteiger partial charge in [0.25, 0.3) is 0 Å². The maximum Gasteiger partial charge on any atom is 0.134 e. The van der Waals surface area contributed by atoms with Crippen LogP contribution in [0.25, 0.3) is 17.0 Å². The van der Waals surface area contributed by atoms with Gasteiger partial charge in [-0.1, -0.05) is 30.4 Å². The SMILES string of the molecule is C/C=C/c1cc(F)c(C2c3oc4ccccc4c3CC(C)N2CC(C)(C)F)c(F)c1. The molecule has 0 fully saturated rings. The van der Waals surface area contributed by atoms with Crippen LogP contribution in [-0.4, -0.2) is 23.2 Å². The van der Waals surface area contributed by atoms with Gasteiger partial charge in [-0.3, -0.25) is 4.90 Å². The quantitative estimate of drug-likeness (QED) is 0.466. The van der Waals surface area contributed by atoms with E-state index in [4.69, 9.17) is 4.42 Å². The van der Waals surface area contributed by atoms with E-state index in [0.29, 0.717) is 23.3 Å². The monoisotopic (exact) mass is 413 g/mol. The lowest BCUT2D eigenvalue weighted by atomic mass is 9.87. The number of benzene rings is 2. The van der Waals surface area contributed by atoms with Crippen molar-refractivity contribution in [3.63, 3.8) is 0 Å². The minimum Gasteiger partial charge on any atom is -0.459 e. The lowest BCUT2D eigenvalue weighted by Gasteiger charge is -2.42. The highest BCUT2D eigenvalue weighted by atomic mass is 19.1. The van der Waals surface area contributed by atoms with E-state index in [1.807, 2.05) is 36.1 Å². The summed E-state index contributed by atoms with van der Waals surface area (Å²) in [6.45, 7) is 6.75. The molecule has 1 aliphatic rings. The zero-order chi connectivity index (χ0) is 21.6. The average Bonchev–Trinajstić information content (AvgIpc) is 3.01. The first-order valence-corrected chi connectivity index (χ1v) is 10.3. The normalized spacial score (nSPS) is 20.2. The third kappa shape index (κ3) is 3.67. The average molecular weight is 413 g/mol. The van der Waals surface area contributed by atoms with Crippen molar-refractivity contribution in [1.29, 1.82) is 0 Å². The van der Waals surface area contributed by atoms with E-state index in [9.17, 15) is 4.39 Å². The number of nitrogens with zero attached hydrogens (tertiary/aromatic N) is 1. The van der Waals surface area contributed by atoms with Gasteiger partial charge in [0, 0.05) is 29.1 Å². The lowest BCUT2D eigenvalue weighted by molar-refractivity contribution is 0.0573. The Labute approximate surface area is 175 Å². The molecule has 30 heavy (non-hydrogen) atoms. The molecule has 5 heteroatoms. The van der Waals surface area contributed by atoms with Crippen molar-refractivity contribution in [3.8, 4) is 0 Å². The Morgan fingerprint density at radius 2 is 1.83 bits per heavy atom. The van der Waals surface area contributed by atoms with Crippen molar-refractivity contribution >= 4 is 17.0 Å². The van der Waals surface area contributed by atoms with Gasteiger partial charge in [0.05, 0.1) is 0 Å². The second-order valence-corrected chi connectivity index (χ2v) is 8.69. The van der Waals surface area contributed by atoms with Crippen LogP contribution in [-0.2, 0) is 6.42 Å². The molecule has 0 radical (unpaired) electrons.